The van der Waals surface area contributed by atoms with Gasteiger partial charge in [-0.1, -0.05) is 6.92 Å². The van der Waals surface area contributed by atoms with Crippen molar-refractivity contribution in [3.8, 4) is 0 Å². The zero-order chi connectivity index (χ0) is 16.9. The van der Waals surface area contributed by atoms with Gasteiger partial charge >= 0.3 is 17.9 Å². The molecule has 0 aromatic carbocycles. The first-order valence-corrected chi connectivity index (χ1v) is 10.8. The van der Waals surface area contributed by atoms with Crippen molar-refractivity contribution in [1.29, 1.82) is 0 Å². The highest BCUT2D eigenvalue weighted by molar-refractivity contribution is 6.62. The molecular weight excluding hydrogens is 314 g/mol. The van der Waals surface area contributed by atoms with Crippen molar-refractivity contribution in [3.63, 3.8) is 0 Å². The van der Waals surface area contributed by atoms with Gasteiger partial charge in [-0.05, 0) is 34.1 Å². The Morgan fingerprint density at radius 1 is 0.762 bits per heavy atom. The molecule has 5 N–H and O–H groups in total. The molecule has 0 rings (SSSR count). The molecule has 0 amide bonds. The highest BCUT2D eigenvalue weighted by Crippen LogP contribution is 2.15. The maximum Gasteiger partial charge on any atom is 0.671 e. The summed E-state index contributed by atoms with van der Waals surface area (Å²) >= 11 is 0. The second kappa shape index (κ2) is 12.6. The fraction of sp³-hybridized carbons (Fsp3) is 1.00. The van der Waals surface area contributed by atoms with Crippen LogP contribution in [0.1, 0.15) is 41.0 Å². The van der Waals surface area contributed by atoms with Gasteiger partial charge in [-0.15, -0.1) is 0 Å². The summed E-state index contributed by atoms with van der Waals surface area (Å²) in [5.74, 6) is 0. The predicted octanol–water partition coefficient (Wildman–Crippen LogP) is -0.253. The zero-order valence-corrected chi connectivity index (χ0v) is 15.7. The molecule has 0 aromatic heterocycles. The van der Waals surface area contributed by atoms with E-state index in [1.165, 1.54) is 0 Å². The lowest BCUT2D eigenvalue weighted by Crippen LogP contribution is -2.60. The molecule has 1 atom stereocenters. The molecule has 0 aliphatic rings. The molecule has 8 nitrogen and oxygen atoms in total. The zero-order valence-electron chi connectivity index (χ0n) is 13.7. The van der Waals surface area contributed by atoms with Crippen molar-refractivity contribution in [2.75, 3.05) is 26.4 Å². The minimum Gasteiger partial charge on any atom is -0.373 e. The number of hydrogen-bond acceptors (Lipinski definition) is 8. The van der Waals surface area contributed by atoms with Crippen LogP contribution in [0.25, 0.3) is 0 Å². The summed E-state index contributed by atoms with van der Waals surface area (Å²) < 4.78 is 20.9. The van der Waals surface area contributed by atoms with E-state index < -0.39 is 17.9 Å². The van der Waals surface area contributed by atoms with Crippen molar-refractivity contribution in [1.82, 2.24) is 0 Å². The maximum atomic E-state index is 8.05. The van der Waals surface area contributed by atoms with E-state index in [9.17, 15) is 0 Å². The first kappa shape index (κ1) is 23.4. The van der Waals surface area contributed by atoms with Gasteiger partial charge < -0.3 is 37.8 Å². The lowest BCUT2D eigenvalue weighted by Gasteiger charge is -2.32. The second-order valence-corrected chi connectivity index (χ2v) is 8.18. The van der Waals surface area contributed by atoms with Crippen LogP contribution >= 0.6 is 0 Å². The second-order valence-electron chi connectivity index (χ2n) is 3.92. The Labute approximate surface area is 129 Å². The van der Waals surface area contributed by atoms with Crippen molar-refractivity contribution in [3.05, 3.63) is 0 Å². The summed E-state index contributed by atoms with van der Waals surface area (Å²) in [6.45, 7) is 11.2. The van der Waals surface area contributed by atoms with E-state index in [2.05, 4.69) is 4.43 Å². The van der Waals surface area contributed by atoms with Crippen LogP contribution in [0.2, 0.25) is 0 Å². The molecule has 0 spiro atoms. The van der Waals surface area contributed by atoms with Gasteiger partial charge in [-0.25, -0.2) is 0 Å². The fourth-order valence-corrected chi connectivity index (χ4v) is 4.48. The summed E-state index contributed by atoms with van der Waals surface area (Å²) in [6.07, 6.45) is 0.812. The van der Waals surface area contributed by atoms with Crippen molar-refractivity contribution in [2.24, 2.45) is 5.73 Å². The standard InChI is InChI=1S/C9H23NO3Si.C2H8O4Si/c1-5-9(10)14(11-6-2,12-7-3)13-8-4;1-2-6-7(3,4)5/h9H,5-8,10H2,1-4H3;3-5H,2H2,1H3. The number of nitrogens with two attached hydrogens (primary N) is 1. The highest BCUT2D eigenvalue weighted by atomic mass is 28.4. The van der Waals surface area contributed by atoms with Crippen LogP contribution in [-0.4, -0.2) is 64.3 Å². The molecule has 21 heavy (non-hydrogen) atoms. The van der Waals surface area contributed by atoms with Crippen LogP contribution < -0.4 is 5.73 Å². The van der Waals surface area contributed by atoms with E-state index in [0.717, 1.165) is 6.42 Å². The summed E-state index contributed by atoms with van der Waals surface area (Å²) in [5, 5.41) is 0. The van der Waals surface area contributed by atoms with Crippen LogP contribution in [0.15, 0.2) is 0 Å². The number of rotatable bonds is 10. The lowest BCUT2D eigenvalue weighted by molar-refractivity contribution is 0.0616. The molecule has 0 bridgehead atoms. The lowest BCUT2D eigenvalue weighted by atomic mass is 10.5. The van der Waals surface area contributed by atoms with Gasteiger partial charge in [0.15, 0.2) is 0 Å². The van der Waals surface area contributed by atoms with Gasteiger partial charge in [-0.3, -0.25) is 0 Å². The molecule has 0 aromatic rings. The molecular formula is C11H31NO7Si2. The quantitative estimate of drug-likeness (QED) is 0.400. The molecule has 0 saturated carbocycles. The van der Waals surface area contributed by atoms with Crippen LogP contribution in [0.4, 0.5) is 0 Å². The third-order valence-corrected chi connectivity index (χ3v) is 6.33. The van der Waals surface area contributed by atoms with E-state index >= 15 is 0 Å². The Kier molecular flexibility index (Phi) is 14.1. The molecule has 130 valence electrons. The molecule has 0 aliphatic carbocycles. The smallest absolute Gasteiger partial charge is 0.373 e. The van der Waals surface area contributed by atoms with E-state index in [1.54, 1.807) is 6.92 Å². The molecule has 0 saturated heterocycles. The minimum absolute atomic E-state index is 0.121. The fourth-order valence-electron chi connectivity index (χ4n) is 1.49. The molecule has 0 heterocycles. The first-order chi connectivity index (χ1) is 9.72. The van der Waals surface area contributed by atoms with Gasteiger partial charge in [0.05, 0.1) is 5.67 Å². The van der Waals surface area contributed by atoms with E-state index in [0.29, 0.717) is 19.8 Å². The Hall–Kier alpha value is 0.114. The average molecular weight is 346 g/mol. The molecule has 10 heteroatoms. The normalized spacial score (nSPS) is 13.6. The summed E-state index contributed by atoms with van der Waals surface area (Å²) in [5.41, 5.74) is 5.87. The summed E-state index contributed by atoms with van der Waals surface area (Å²) in [7, 11) is -6.78. The average Bonchev–Trinajstić information content (AvgIpc) is 2.38. The van der Waals surface area contributed by atoms with Gasteiger partial charge in [-0.2, -0.15) is 0 Å². The van der Waals surface area contributed by atoms with Crippen LogP contribution in [0.3, 0.4) is 0 Å². The third kappa shape index (κ3) is 11.3. The SMILES string of the molecule is CCO[Si](O)(O)O.CCO[Si](OCC)(OCC)C(N)CC. The van der Waals surface area contributed by atoms with Gasteiger partial charge in [0, 0.05) is 26.4 Å². The largest absolute Gasteiger partial charge is 0.671 e. The predicted molar refractivity (Wildman–Crippen MR) is 82.9 cm³/mol. The molecule has 1 unspecified atom stereocenters. The maximum absolute atomic E-state index is 8.05. The highest BCUT2D eigenvalue weighted by Gasteiger charge is 2.46. The Morgan fingerprint density at radius 3 is 1.24 bits per heavy atom. The molecule has 0 aliphatic heterocycles. The Bertz CT molecular complexity index is 224. The topological polar surface area (TPSA) is 124 Å². The van der Waals surface area contributed by atoms with Crippen LogP contribution in [-0.2, 0) is 17.7 Å². The first-order valence-electron chi connectivity index (χ1n) is 7.21. The minimum atomic E-state index is -4.16. The van der Waals surface area contributed by atoms with E-state index in [-0.39, 0.29) is 12.3 Å². The molecule has 0 radical (unpaired) electrons. The Morgan fingerprint density at radius 2 is 1.10 bits per heavy atom. The monoisotopic (exact) mass is 345 g/mol. The van der Waals surface area contributed by atoms with Crippen molar-refractivity contribution < 1.29 is 32.1 Å². The van der Waals surface area contributed by atoms with Gasteiger partial charge in [0.25, 0.3) is 0 Å². The summed E-state index contributed by atoms with van der Waals surface area (Å²) in [4.78, 5) is 24.1. The van der Waals surface area contributed by atoms with Gasteiger partial charge in [0.2, 0.25) is 0 Å². The van der Waals surface area contributed by atoms with Crippen LogP contribution in [0, 0.1) is 0 Å². The van der Waals surface area contributed by atoms with E-state index in [1.807, 2.05) is 27.7 Å². The van der Waals surface area contributed by atoms with Gasteiger partial charge in [0.1, 0.15) is 0 Å². The molecule has 0 fully saturated rings. The van der Waals surface area contributed by atoms with Crippen LogP contribution in [0.5, 0.6) is 0 Å². The Balaban J connectivity index is 0. The third-order valence-electron chi connectivity index (χ3n) is 2.27. The van der Waals surface area contributed by atoms with Crippen molar-refractivity contribution in [2.45, 2.75) is 46.7 Å². The van der Waals surface area contributed by atoms with E-state index in [4.69, 9.17) is 33.4 Å². The number of hydrogen-bond donors (Lipinski definition) is 4. The van der Waals surface area contributed by atoms with Crippen molar-refractivity contribution >= 4 is 17.9 Å². The summed E-state index contributed by atoms with van der Waals surface area (Å²) in [6, 6.07) is 0.